The number of carbonyl (C=O) groups excluding carboxylic acids is 1. The summed E-state index contributed by atoms with van der Waals surface area (Å²) in [6.45, 7) is 7.81. The van der Waals surface area contributed by atoms with Crippen LogP contribution >= 0.6 is 23.1 Å². The lowest BCUT2D eigenvalue weighted by Crippen LogP contribution is -2.22. The Kier molecular flexibility index (Phi) is 5.06. The first-order chi connectivity index (χ1) is 11.8. The molecule has 1 aromatic carbocycles. The van der Waals surface area contributed by atoms with E-state index in [1.54, 1.807) is 23.5 Å². The fraction of sp³-hybridized carbons (Fsp3) is 0.278. The van der Waals surface area contributed by atoms with Gasteiger partial charge < -0.3 is 5.32 Å². The monoisotopic (exact) mass is 375 g/mol. The molecule has 2 heterocycles. The number of carbonyl (C=O) groups is 1. The highest BCUT2D eigenvalue weighted by Crippen LogP contribution is 2.36. The Hall–Kier alpha value is -1.99. The average Bonchev–Trinajstić information content (AvgIpc) is 2.83. The second-order valence-corrected chi connectivity index (χ2v) is 8.33. The van der Waals surface area contributed by atoms with Crippen LogP contribution in [0.2, 0.25) is 0 Å². The first-order valence-electron chi connectivity index (χ1n) is 7.82. The van der Waals surface area contributed by atoms with Crippen molar-refractivity contribution in [2.45, 2.75) is 38.0 Å². The van der Waals surface area contributed by atoms with Gasteiger partial charge in [-0.3, -0.25) is 4.79 Å². The van der Waals surface area contributed by atoms with Gasteiger partial charge in [0.1, 0.15) is 21.5 Å². The second-order valence-electron chi connectivity index (χ2n) is 5.80. The van der Waals surface area contributed by atoms with Gasteiger partial charge in [0.25, 0.3) is 0 Å². The zero-order valence-corrected chi connectivity index (χ0v) is 16.0. The van der Waals surface area contributed by atoms with Crippen molar-refractivity contribution in [2.24, 2.45) is 0 Å². The van der Waals surface area contributed by atoms with Crippen molar-refractivity contribution in [1.82, 2.24) is 9.97 Å². The molecule has 3 rings (SSSR count). The standard InChI is InChI=1S/C18H18FN3OS2/c1-9-10(2)24-17-15(9)18(21-12(4)20-17)25-11(3)16(23)22-14-7-5-13(19)6-8-14/h5-8,11H,1-4H3,(H,22,23)/t11-/m1/s1. The van der Waals surface area contributed by atoms with E-state index in [2.05, 4.69) is 29.1 Å². The number of aryl methyl sites for hydroxylation is 3. The number of rotatable bonds is 4. The van der Waals surface area contributed by atoms with Crippen molar-refractivity contribution in [3.63, 3.8) is 0 Å². The highest BCUT2D eigenvalue weighted by molar-refractivity contribution is 8.00. The van der Waals surface area contributed by atoms with Crippen LogP contribution in [0, 0.1) is 26.6 Å². The van der Waals surface area contributed by atoms with E-state index in [1.807, 2.05) is 13.8 Å². The molecular weight excluding hydrogens is 357 g/mol. The number of amides is 1. The Morgan fingerprint density at radius 3 is 2.56 bits per heavy atom. The molecule has 0 saturated heterocycles. The summed E-state index contributed by atoms with van der Waals surface area (Å²) < 4.78 is 13.0. The van der Waals surface area contributed by atoms with Crippen LogP contribution in [0.3, 0.4) is 0 Å². The van der Waals surface area contributed by atoms with Crippen molar-refractivity contribution >= 4 is 44.9 Å². The molecule has 2 aromatic heterocycles. The maximum Gasteiger partial charge on any atom is 0.237 e. The molecule has 0 fully saturated rings. The smallest absolute Gasteiger partial charge is 0.237 e. The molecule has 1 N–H and O–H groups in total. The number of hydrogen-bond acceptors (Lipinski definition) is 5. The SMILES string of the molecule is Cc1nc(S[C@H](C)C(=O)Nc2ccc(F)cc2)c2c(C)c(C)sc2n1. The van der Waals surface area contributed by atoms with Crippen molar-refractivity contribution in [2.75, 3.05) is 5.32 Å². The van der Waals surface area contributed by atoms with Crippen LogP contribution in [0.5, 0.6) is 0 Å². The predicted octanol–water partition coefficient (Wildman–Crippen LogP) is 4.87. The predicted molar refractivity (Wildman–Crippen MR) is 102 cm³/mol. The van der Waals surface area contributed by atoms with Gasteiger partial charge in [0.2, 0.25) is 5.91 Å². The number of nitrogens with zero attached hydrogens (tertiary/aromatic N) is 2. The van der Waals surface area contributed by atoms with Gasteiger partial charge in [0, 0.05) is 16.0 Å². The molecule has 0 aliphatic heterocycles. The lowest BCUT2D eigenvalue weighted by atomic mass is 10.2. The number of aromatic nitrogens is 2. The average molecular weight is 375 g/mol. The van der Waals surface area contributed by atoms with Crippen LogP contribution in [-0.4, -0.2) is 21.1 Å². The summed E-state index contributed by atoms with van der Waals surface area (Å²) in [4.78, 5) is 23.7. The van der Waals surface area contributed by atoms with Gasteiger partial charge in [-0.25, -0.2) is 14.4 Å². The molecule has 7 heteroatoms. The number of benzene rings is 1. The van der Waals surface area contributed by atoms with Crippen LogP contribution in [0.4, 0.5) is 10.1 Å². The largest absolute Gasteiger partial charge is 0.325 e. The fourth-order valence-electron chi connectivity index (χ4n) is 2.40. The molecular formula is C18H18FN3OS2. The van der Waals surface area contributed by atoms with Gasteiger partial charge in [-0.05, 0) is 57.5 Å². The van der Waals surface area contributed by atoms with E-state index < -0.39 is 0 Å². The third-order valence-electron chi connectivity index (χ3n) is 3.88. The molecule has 0 radical (unpaired) electrons. The van der Waals surface area contributed by atoms with Gasteiger partial charge in [-0.2, -0.15) is 0 Å². The van der Waals surface area contributed by atoms with Crippen molar-refractivity contribution in [3.8, 4) is 0 Å². The van der Waals surface area contributed by atoms with E-state index in [1.165, 1.54) is 28.8 Å². The van der Waals surface area contributed by atoms with Gasteiger partial charge in [-0.1, -0.05) is 11.8 Å². The van der Waals surface area contributed by atoms with E-state index in [9.17, 15) is 9.18 Å². The molecule has 25 heavy (non-hydrogen) atoms. The maximum atomic E-state index is 13.0. The first kappa shape index (κ1) is 17.8. The normalized spacial score (nSPS) is 12.4. The van der Waals surface area contributed by atoms with E-state index in [0.717, 1.165) is 20.8 Å². The van der Waals surface area contributed by atoms with Gasteiger partial charge in [0.15, 0.2) is 0 Å². The van der Waals surface area contributed by atoms with E-state index >= 15 is 0 Å². The molecule has 0 unspecified atom stereocenters. The van der Waals surface area contributed by atoms with Crippen molar-refractivity contribution in [1.29, 1.82) is 0 Å². The molecule has 1 atom stereocenters. The second kappa shape index (κ2) is 7.09. The number of hydrogen-bond donors (Lipinski definition) is 1. The van der Waals surface area contributed by atoms with Crippen LogP contribution in [0.1, 0.15) is 23.2 Å². The van der Waals surface area contributed by atoms with Crippen LogP contribution in [0.15, 0.2) is 29.3 Å². The van der Waals surface area contributed by atoms with Crippen LogP contribution in [0.25, 0.3) is 10.2 Å². The highest BCUT2D eigenvalue weighted by atomic mass is 32.2. The van der Waals surface area contributed by atoms with E-state index in [4.69, 9.17) is 0 Å². The summed E-state index contributed by atoms with van der Waals surface area (Å²) in [7, 11) is 0. The molecule has 4 nitrogen and oxygen atoms in total. The minimum atomic E-state index is -0.345. The molecule has 130 valence electrons. The van der Waals surface area contributed by atoms with Gasteiger partial charge in [-0.15, -0.1) is 11.3 Å². The summed E-state index contributed by atoms with van der Waals surface area (Å²) >= 11 is 3.06. The Bertz CT molecular complexity index is 938. The number of fused-ring (bicyclic) bond motifs is 1. The Balaban J connectivity index is 1.82. The molecule has 3 aromatic rings. The van der Waals surface area contributed by atoms with Crippen LogP contribution < -0.4 is 5.32 Å². The number of anilines is 1. The Morgan fingerprint density at radius 2 is 1.88 bits per heavy atom. The first-order valence-corrected chi connectivity index (χ1v) is 9.52. The van der Waals surface area contributed by atoms with Crippen molar-refractivity contribution in [3.05, 3.63) is 46.3 Å². The zero-order valence-electron chi connectivity index (χ0n) is 14.4. The van der Waals surface area contributed by atoms with E-state index in [-0.39, 0.29) is 17.0 Å². The molecule has 0 aliphatic rings. The molecule has 0 bridgehead atoms. The maximum absolute atomic E-state index is 13.0. The van der Waals surface area contributed by atoms with Crippen molar-refractivity contribution < 1.29 is 9.18 Å². The quantitative estimate of drug-likeness (QED) is 0.522. The Labute approximate surface area is 153 Å². The summed E-state index contributed by atoms with van der Waals surface area (Å²) in [6, 6.07) is 5.73. The number of halogens is 1. The minimum absolute atomic E-state index is 0.148. The fourth-order valence-corrected chi connectivity index (χ4v) is 4.59. The zero-order chi connectivity index (χ0) is 18.1. The lowest BCUT2D eigenvalue weighted by molar-refractivity contribution is -0.115. The summed E-state index contributed by atoms with van der Waals surface area (Å²) in [5, 5.41) is 4.31. The Morgan fingerprint density at radius 1 is 1.20 bits per heavy atom. The third-order valence-corrected chi connectivity index (χ3v) is 6.06. The topological polar surface area (TPSA) is 54.9 Å². The van der Waals surface area contributed by atoms with Gasteiger partial charge in [0.05, 0.1) is 5.25 Å². The summed E-state index contributed by atoms with van der Waals surface area (Å²) in [5.41, 5.74) is 1.74. The number of thioether (sulfide) groups is 1. The molecule has 1 amide bonds. The lowest BCUT2D eigenvalue weighted by Gasteiger charge is -2.13. The molecule has 0 saturated carbocycles. The molecule has 0 aliphatic carbocycles. The number of nitrogens with one attached hydrogen (secondary N) is 1. The summed E-state index contributed by atoms with van der Waals surface area (Å²) in [5.74, 6) is 0.218. The number of thiophene rings is 1. The highest BCUT2D eigenvalue weighted by Gasteiger charge is 2.20. The minimum Gasteiger partial charge on any atom is -0.325 e. The summed E-state index contributed by atoms with van der Waals surface area (Å²) in [6.07, 6.45) is 0. The van der Waals surface area contributed by atoms with Gasteiger partial charge >= 0.3 is 0 Å². The third kappa shape index (κ3) is 3.82. The van der Waals surface area contributed by atoms with E-state index in [0.29, 0.717) is 11.5 Å². The molecule has 0 spiro atoms. The van der Waals surface area contributed by atoms with Crippen LogP contribution in [-0.2, 0) is 4.79 Å².